The Hall–Kier alpha value is -2.21. The Morgan fingerprint density at radius 2 is 2.15 bits per heavy atom. The van der Waals surface area contributed by atoms with Crippen molar-refractivity contribution in [2.45, 2.75) is 19.5 Å². The second-order valence-corrected chi connectivity index (χ2v) is 5.16. The van der Waals surface area contributed by atoms with E-state index in [0.717, 1.165) is 5.69 Å². The summed E-state index contributed by atoms with van der Waals surface area (Å²) in [5.41, 5.74) is 0.776. The number of hydrogen-bond donors (Lipinski definition) is 2. The van der Waals surface area contributed by atoms with E-state index in [2.05, 4.69) is 15.6 Å². The van der Waals surface area contributed by atoms with Crippen LogP contribution in [0.5, 0.6) is 0 Å². The highest BCUT2D eigenvalue weighted by Crippen LogP contribution is 2.08. The van der Waals surface area contributed by atoms with Crippen LogP contribution in [0.1, 0.15) is 22.3 Å². The van der Waals surface area contributed by atoms with Crippen molar-refractivity contribution >= 4 is 23.2 Å². The molecule has 0 aromatic carbocycles. The van der Waals surface area contributed by atoms with Gasteiger partial charge in [-0.3, -0.25) is 14.6 Å². The first-order valence-corrected chi connectivity index (χ1v) is 7.07. The van der Waals surface area contributed by atoms with Gasteiger partial charge in [-0.25, -0.2) is 0 Å². The number of nitrogens with zero attached hydrogens (tertiary/aromatic N) is 1. The minimum absolute atomic E-state index is 0.236. The molecule has 0 aliphatic heterocycles. The van der Waals surface area contributed by atoms with Crippen LogP contribution in [0.15, 0.2) is 41.9 Å². The highest BCUT2D eigenvalue weighted by atomic mass is 32.1. The third kappa shape index (κ3) is 3.89. The molecule has 0 saturated heterocycles. The summed E-state index contributed by atoms with van der Waals surface area (Å²) in [6.45, 7) is 2.00. The van der Waals surface area contributed by atoms with Crippen molar-refractivity contribution in [3.05, 3.63) is 52.5 Å². The number of hydrogen-bond acceptors (Lipinski definition) is 4. The van der Waals surface area contributed by atoms with E-state index in [4.69, 9.17) is 0 Å². The monoisotopic (exact) mass is 289 g/mol. The molecule has 6 heteroatoms. The third-order valence-corrected chi connectivity index (χ3v) is 3.52. The fourth-order valence-electron chi connectivity index (χ4n) is 1.57. The van der Waals surface area contributed by atoms with Gasteiger partial charge in [0, 0.05) is 6.20 Å². The maximum atomic E-state index is 11.9. The molecular weight excluding hydrogens is 274 g/mol. The number of pyridine rings is 1. The molecule has 2 amide bonds. The zero-order chi connectivity index (χ0) is 14.4. The number of thiophene rings is 1. The molecule has 0 bridgehead atoms. The first kappa shape index (κ1) is 14.2. The number of carbonyl (C=O) groups is 2. The fraction of sp³-hybridized carbons (Fsp3) is 0.214. The van der Waals surface area contributed by atoms with Crippen LogP contribution < -0.4 is 10.6 Å². The highest BCUT2D eigenvalue weighted by molar-refractivity contribution is 7.12. The predicted molar refractivity (Wildman–Crippen MR) is 77.3 cm³/mol. The van der Waals surface area contributed by atoms with Crippen molar-refractivity contribution in [3.63, 3.8) is 0 Å². The molecule has 0 saturated carbocycles. The number of rotatable bonds is 5. The van der Waals surface area contributed by atoms with Crippen LogP contribution in [0.3, 0.4) is 0 Å². The highest BCUT2D eigenvalue weighted by Gasteiger charge is 2.16. The Balaban J connectivity index is 1.82. The average molecular weight is 289 g/mol. The summed E-state index contributed by atoms with van der Waals surface area (Å²) in [5.74, 6) is -0.471. The summed E-state index contributed by atoms with van der Waals surface area (Å²) >= 11 is 1.34. The lowest BCUT2D eigenvalue weighted by Crippen LogP contribution is -2.44. The fourth-order valence-corrected chi connectivity index (χ4v) is 2.20. The first-order chi connectivity index (χ1) is 9.66. The molecule has 0 aliphatic rings. The maximum Gasteiger partial charge on any atom is 0.261 e. The van der Waals surface area contributed by atoms with Gasteiger partial charge in [0.25, 0.3) is 5.91 Å². The predicted octanol–water partition coefficient (Wildman–Crippen LogP) is 1.58. The molecule has 1 atom stereocenters. The Labute approximate surface area is 121 Å². The van der Waals surface area contributed by atoms with Crippen molar-refractivity contribution in [2.75, 3.05) is 0 Å². The number of aromatic nitrogens is 1. The molecule has 2 rings (SSSR count). The van der Waals surface area contributed by atoms with Crippen molar-refractivity contribution in [2.24, 2.45) is 0 Å². The van der Waals surface area contributed by atoms with Gasteiger partial charge < -0.3 is 10.6 Å². The number of nitrogens with one attached hydrogen (secondary N) is 2. The molecule has 104 valence electrons. The minimum atomic E-state index is -0.590. The molecule has 0 aliphatic carbocycles. The molecule has 20 heavy (non-hydrogen) atoms. The summed E-state index contributed by atoms with van der Waals surface area (Å²) in [5, 5.41) is 7.21. The molecule has 2 heterocycles. The molecule has 0 unspecified atom stereocenters. The van der Waals surface area contributed by atoms with Gasteiger partial charge in [-0.1, -0.05) is 12.1 Å². The van der Waals surface area contributed by atoms with E-state index in [-0.39, 0.29) is 11.8 Å². The van der Waals surface area contributed by atoms with Gasteiger partial charge in [0.1, 0.15) is 6.04 Å². The van der Waals surface area contributed by atoms with E-state index in [1.807, 2.05) is 23.6 Å². The van der Waals surface area contributed by atoms with Gasteiger partial charge in [0.15, 0.2) is 0 Å². The molecule has 0 spiro atoms. The average Bonchev–Trinajstić information content (AvgIpc) is 3.00. The van der Waals surface area contributed by atoms with Crippen LogP contribution in [0, 0.1) is 0 Å². The van der Waals surface area contributed by atoms with Crippen LogP contribution in [0.25, 0.3) is 0 Å². The number of amides is 2. The van der Waals surface area contributed by atoms with Gasteiger partial charge in [0.2, 0.25) is 5.91 Å². The summed E-state index contributed by atoms with van der Waals surface area (Å²) < 4.78 is 0. The van der Waals surface area contributed by atoms with Gasteiger partial charge in [-0.2, -0.15) is 0 Å². The van der Waals surface area contributed by atoms with Crippen LogP contribution in [-0.4, -0.2) is 22.8 Å². The van der Waals surface area contributed by atoms with Gasteiger partial charge in [0.05, 0.1) is 17.1 Å². The van der Waals surface area contributed by atoms with Crippen LogP contribution in [0.4, 0.5) is 0 Å². The van der Waals surface area contributed by atoms with E-state index in [1.165, 1.54) is 11.3 Å². The van der Waals surface area contributed by atoms with E-state index in [9.17, 15) is 9.59 Å². The van der Waals surface area contributed by atoms with E-state index in [1.54, 1.807) is 25.3 Å². The molecule has 0 radical (unpaired) electrons. The Bertz CT molecular complexity index is 569. The van der Waals surface area contributed by atoms with E-state index < -0.39 is 6.04 Å². The van der Waals surface area contributed by atoms with E-state index >= 15 is 0 Å². The summed E-state index contributed by atoms with van der Waals surface area (Å²) in [4.78, 5) is 28.4. The largest absolute Gasteiger partial charge is 0.349 e. The molecule has 2 aromatic rings. The maximum absolute atomic E-state index is 11.9. The SMILES string of the molecule is C[C@H](NC(=O)c1cccs1)C(=O)NCc1ccccn1. The van der Waals surface area contributed by atoms with Crippen LogP contribution in [0.2, 0.25) is 0 Å². The minimum Gasteiger partial charge on any atom is -0.349 e. The topological polar surface area (TPSA) is 71.1 Å². The van der Waals surface area contributed by atoms with Crippen LogP contribution in [-0.2, 0) is 11.3 Å². The second kappa shape index (κ2) is 6.81. The summed E-state index contributed by atoms with van der Waals surface area (Å²) in [6.07, 6.45) is 1.67. The Morgan fingerprint density at radius 1 is 1.30 bits per heavy atom. The smallest absolute Gasteiger partial charge is 0.261 e. The quantitative estimate of drug-likeness (QED) is 0.878. The third-order valence-electron chi connectivity index (χ3n) is 2.66. The summed E-state index contributed by atoms with van der Waals surface area (Å²) in [7, 11) is 0. The summed E-state index contributed by atoms with van der Waals surface area (Å²) in [6, 6.07) is 8.43. The molecular formula is C14H15N3O2S. The Kier molecular flexibility index (Phi) is 4.84. The molecule has 0 fully saturated rings. The van der Waals surface area contributed by atoms with Crippen molar-refractivity contribution in [1.29, 1.82) is 0 Å². The zero-order valence-electron chi connectivity index (χ0n) is 11.0. The van der Waals surface area contributed by atoms with Crippen molar-refractivity contribution < 1.29 is 9.59 Å². The van der Waals surface area contributed by atoms with E-state index in [0.29, 0.717) is 11.4 Å². The standard InChI is InChI=1S/C14H15N3O2S/c1-10(17-14(19)12-6-4-8-20-12)13(18)16-9-11-5-2-3-7-15-11/h2-8,10H,9H2,1H3,(H,16,18)(H,17,19)/t10-/m0/s1. The Morgan fingerprint density at radius 3 is 2.80 bits per heavy atom. The van der Waals surface area contributed by atoms with Crippen molar-refractivity contribution in [1.82, 2.24) is 15.6 Å². The lowest BCUT2D eigenvalue weighted by atomic mass is 10.3. The molecule has 5 nitrogen and oxygen atoms in total. The second-order valence-electron chi connectivity index (χ2n) is 4.21. The lowest BCUT2D eigenvalue weighted by Gasteiger charge is -2.13. The lowest BCUT2D eigenvalue weighted by molar-refractivity contribution is -0.122. The molecule has 2 N–H and O–H groups in total. The molecule has 2 aromatic heterocycles. The van der Waals surface area contributed by atoms with Crippen LogP contribution >= 0.6 is 11.3 Å². The normalized spacial score (nSPS) is 11.7. The van der Waals surface area contributed by atoms with Crippen molar-refractivity contribution in [3.8, 4) is 0 Å². The van der Waals surface area contributed by atoms with Gasteiger partial charge in [-0.05, 0) is 30.5 Å². The van der Waals surface area contributed by atoms with Gasteiger partial charge >= 0.3 is 0 Å². The number of carbonyl (C=O) groups excluding carboxylic acids is 2. The zero-order valence-corrected chi connectivity index (χ0v) is 11.8. The first-order valence-electron chi connectivity index (χ1n) is 6.19. The van der Waals surface area contributed by atoms with Gasteiger partial charge in [-0.15, -0.1) is 11.3 Å².